The molecule has 2 rings (SSSR count). The monoisotopic (exact) mass is 279 g/mol. The Morgan fingerprint density at radius 3 is 2.62 bits per heavy atom. The lowest BCUT2D eigenvalue weighted by molar-refractivity contribution is 0.101. The maximum atomic E-state index is 12.0. The van der Waals surface area contributed by atoms with Crippen molar-refractivity contribution < 1.29 is 9.21 Å². The molecule has 0 amide bonds. The van der Waals surface area contributed by atoms with Crippen LogP contribution in [0.1, 0.15) is 21.7 Å². The summed E-state index contributed by atoms with van der Waals surface area (Å²) in [7, 11) is 0. The molecule has 0 aliphatic rings. The van der Waals surface area contributed by atoms with Gasteiger partial charge in [-0.05, 0) is 58.7 Å². The number of aryl methyl sites for hydroxylation is 1. The topological polar surface area (TPSA) is 56.2 Å². The van der Waals surface area contributed by atoms with Crippen LogP contribution in [0.3, 0.4) is 0 Å². The predicted octanol–water partition coefficient (Wildman–Crippen LogP) is 3.16. The molecule has 1 aromatic heterocycles. The average molecular weight is 280 g/mol. The summed E-state index contributed by atoms with van der Waals surface area (Å²) in [4.78, 5) is 12.0. The lowest BCUT2D eigenvalue weighted by Gasteiger charge is -2.01. The van der Waals surface area contributed by atoms with E-state index < -0.39 is 0 Å². The molecule has 0 saturated carbocycles. The molecule has 0 spiro atoms. The minimum Gasteiger partial charge on any atom is -0.446 e. The second-order valence-electron chi connectivity index (χ2n) is 3.57. The first-order valence-corrected chi connectivity index (χ1v) is 5.53. The van der Waals surface area contributed by atoms with E-state index in [4.69, 9.17) is 10.2 Å². The zero-order chi connectivity index (χ0) is 11.7. The fourth-order valence-corrected chi connectivity index (χ4v) is 1.83. The van der Waals surface area contributed by atoms with Gasteiger partial charge >= 0.3 is 0 Å². The molecule has 0 fully saturated rings. The molecule has 0 atom stereocenters. The first kappa shape index (κ1) is 11.0. The summed E-state index contributed by atoms with van der Waals surface area (Å²) in [5.74, 6) is 0.137. The van der Waals surface area contributed by atoms with Crippen molar-refractivity contribution in [1.82, 2.24) is 0 Å². The van der Waals surface area contributed by atoms with Crippen molar-refractivity contribution in [3.8, 4) is 0 Å². The summed E-state index contributed by atoms with van der Waals surface area (Å²) in [6.07, 6.45) is 0. The molecular weight excluding hydrogens is 270 g/mol. The smallest absolute Gasteiger partial charge is 0.228 e. The van der Waals surface area contributed by atoms with Crippen molar-refractivity contribution in [3.05, 3.63) is 51.9 Å². The van der Waals surface area contributed by atoms with E-state index in [1.165, 1.54) is 0 Å². The summed E-state index contributed by atoms with van der Waals surface area (Å²) >= 11 is 3.16. The number of hydrogen-bond donors (Lipinski definition) is 1. The summed E-state index contributed by atoms with van der Waals surface area (Å²) in [5, 5.41) is 0. The number of rotatable bonds is 2. The van der Waals surface area contributed by atoms with Crippen LogP contribution >= 0.6 is 15.9 Å². The highest BCUT2D eigenvalue weighted by Gasteiger charge is 2.13. The summed E-state index contributed by atoms with van der Waals surface area (Å²) in [5.41, 5.74) is 7.76. The van der Waals surface area contributed by atoms with Gasteiger partial charge in [-0.1, -0.05) is 0 Å². The average Bonchev–Trinajstić information content (AvgIpc) is 2.62. The molecule has 0 unspecified atom stereocenters. The Kier molecular flexibility index (Phi) is 2.83. The van der Waals surface area contributed by atoms with Crippen LogP contribution in [0.25, 0.3) is 0 Å². The number of hydrogen-bond acceptors (Lipinski definition) is 3. The molecule has 0 saturated heterocycles. The molecule has 2 aromatic rings. The molecular formula is C12H10BrNO2. The normalized spacial score (nSPS) is 10.4. The zero-order valence-corrected chi connectivity index (χ0v) is 10.2. The predicted molar refractivity (Wildman–Crippen MR) is 65.4 cm³/mol. The Morgan fingerprint density at radius 1 is 1.31 bits per heavy atom. The van der Waals surface area contributed by atoms with Crippen molar-refractivity contribution >= 4 is 27.4 Å². The SMILES string of the molecule is Cc1cc(N)cc(C(=O)c2ccc(Br)o2)c1. The highest BCUT2D eigenvalue weighted by atomic mass is 79.9. The Balaban J connectivity index is 2.41. The summed E-state index contributed by atoms with van der Waals surface area (Å²) in [6.45, 7) is 1.89. The molecule has 0 bridgehead atoms. The van der Waals surface area contributed by atoms with Crippen LogP contribution in [0, 0.1) is 6.92 Å². The molecule has 0 aliphatic carbocycles. The standard InChI is InChI=1S/C12H10BrNO2/c1-7-4-8(6-9(14)5-7)12(15)10-2-3-11(13)16-10/h2-6H,14H2,1H3. The minimum atomic E-state index is -0.166. The van der Waals surface area contributed by atoms with E-state index in [0.29, 0.717) is 21.7 Å². The van der Waals surface area contributed by atoms with Gasteiger partial charge in [-0.3, -0.25) is 4.79 Å². The van der Waals surface area contributed by atoms with Gasteiger partial charge in [0.05, 0.1) is 0 Å². The Bertz CT molecular complexity index is 525. The molecule has 3 nitrogen and oxygen atoms in total. The number of furan rings is 1. The largest absolute Gasteiger partial charge is 0.446 e. The second kappa shape index (κ2) is 4.14. The lowest BCUT2D eigenvalue weighted by Crippen LogP contribution is -2.01. The van der Waals surface area contributed by atoms with Crippen LogP contribution in [0.5, 0.6) is 0 Å². The first-order chi connectivity index (χ1) is 7.56. The van der Waals surface area contributed by atoms with Crippen molar-refractivity contribution in [2.75, 3.05) is 5.73 Å². The molecule has 16 heavy (non-hydrogen) atoms. The number of anilines is 1. The Morgan fingerprint density at radius 2 is 2.06 bits per heavy atom. The van der Waals surface area contributed by atoms with E-state index in [2.05, 4.69) is 15.9 Å². The number of carbonyl (C=O) groups excluding carboxylic acids is 1. The van der Waals surface area contributed by atoms with Gasteiger partial charge in [-0.2, -0.15) is 0 Å². The van der Waals surface area contributed by atoms with Gasteiger partial charge in [0, 0.05) is 11.3 Å². The van der Waals surface area contributed by atoms with Gasteiger partial charge in [-0.15, -0.1) is 0 Å². The Labute approximate surface area is 101 Å². The number of carbonyl (C=O) groups is 1. The van der Waals surface area contributed by atoms with E-state index in [9.17, 15) is 4.79 Å². The third-order valence-electron chi connectivity index (χ3n) is 2.16. The molecule has 0 radical (unpaired) electrons. The number of halogens is 1. The van der Waals surface area contributed by atoms with E-state index in [1.54, 1.807) is 24.3 Å². The zero-order valence-electron chi connectivity index (χ0n) is 8.66. The highest BCUT2D eigenvalue weighted by Crippen LogP contribution is 2.19. The van der Waals surface area contributed by atoms with E-state index in [1.807, 2.05) is 13.0 Å². The summed E-state index contributed by atoms with van der Waals surface area (Å²) < 4.78 is 5.74. The fraction of sp³-hybridized carbons (Fsp3) is 0.0833. The van der Waals surface area contributed by atoms with Gasteiger partial charge in [0.1, 0.15) is 0 Å². The molecule has 4 heteroatoms. The number of nitrogen functional groups attached to an aromatic ring is 1. The summed E-state index contributed by atoms with van der Waals surface area (Å²) in [6, 6.07) is 8.56. The third-order valence-corrected chi connectivity index (χ3v) is 2.59. The highest BCUT2D eigenvalue weighted by molar-refractivity contribution is 9.10. The van der Waals surface area contributed by atoms with E-state index in [-0.39, 0.29) is 5.78 Å². The number of benzene rings is 1. The lowest BCUT2D eigenvalue weighted by atomic mass is 10.1. The van der Waals surface area contributed by atoms with Crippen LogP contribution in [-0.4, -0.2) is 5.78 Å². The van der Waals surface area contributed by atoms with Crippen LogP contribution < -0.4 is 5.73 Å². The maximum Gasteiger partial charge on any atom is 0.228 e. The molecule has 1 heterocycles. The van der Waals surface area contributed by atoms with Crippen molar-refractivity contribution in [1.29, 1.82) is 0 Å². The van der Waals surface area contributed by atoms with Gasteiger partial charge in [0.15, 0.2) is 10.4 Å². The second-order valence-corrected chi connectivity index (χ2v) is 4.35. The van der Waals surface area contributed by atoms with Crippen molar-refractivity contribution in [3.63, 3.8) is 0 Å². The van der Waals surface area contributed by atoms with Gasteiger partial charge < -0.3 is 10.2 Å². The first-order valence-electron chi connectivity index (χ1n) is 4.73. The third kappa shape index (κ3) is 2.17. The van der Waals surface area contributed by atoms with Gasteiger partial charge in [0.25, 0.3) is 0 Å². The Hall–Kier alpha value is -1.55. The minimum absolute atomic E-state index is 0.166. The maximum absolute atomic E-state index is 12.0. The number of ketones is 1. The number of nitrogens with two attached hydrogens (primary N) is 1. The molecule has 0 aliphatic heterocycles. The fourth-order valence-electron chi connectivity index (χ4n) is 1.52. The van der Waals surface area contributed by atoms with Crippen LogP contribution in [0.4, 0.5) is 5.69 Å². The van der Waals surface area contributed by atoms with Crippen molar-refractivity contribution in [2.45, 2.75) is 6.92 Å². The van der Waals surface area contributed by atoms with Gasteiger partial charge in [0.2, 0.25) is 5.78 Å². The van der Waals surface area contributed by atoms with Crippen LogP contribution in [0.15, 0.2) is 39.4 Å². The van der Waals surface area contributed by atoms with E-state index >= 15 is 0 Å². The van der Waals surface area contributed by atoms with Crippen LogP contribution in [-0.2, 0) is 0 Å². The quantitative estimate of drug-likeness (QED) is 0.679. The van der Waals surface area contributed by atoms with Crippen molar-refractivity contribution in [2.24, 2.45) is 0 Å². The van der Waals surface area contributed by atoms with Gasteiger partial charge in [-0.25, -0.2) is 0 Å². The van der Waals surface area contributed by atoms with E-state index in [0.717, 1.165) is 5.56 Å². The van der Waals surface area contributed by atoms with Crippen LogP contribution in [0.2, 0.25) is 0 Å². The molecule has 1 aromatic carbocycles. The molecule has 82 valence electrons. The molecule has 2 N–H and O–H groups in total.